The summed E-state index contributed by atoms with van der Waals surface area (Å²) in [6.07, 6.45) is 1.87. The summed E-state index contributed by atoms with van der Waals surface area (Å²) in [5.41, 5.74) is 1.02. The molecule has 0 saturated carbocycles. The van der Waals surface area contributed by atoms with Crippen LogP contribution in [0.4, 0.5) is 14.5 Å². The van der Waals surface area contributed by atoms with Crippen molar-refractivity contribution in [3.8, 4) is 5.88 Å². The Labute approximate surface area is 117 Å². The minimum Gasteiger partial charge on any atom is -0.480 e. The molecule has 3 aromatic rings. The maximum atomic E-state index is 13.6. The summed E-state index contributed by atoms with van der Waals surface area (Å²) in [5, 5.41) is 4.83. The number of anilines is 1. The molecular weight excluding hydrogens is 284 g/mol. The summed E-state index contributed by atoms with van der Waals surface area (Å²) >= 11 is 1.48. The van der Waals surface area contributed by atoms with Crippen LogP contribution in [-0.4, -0.2) is 16.5 Å². The quantitative estimate of drug-likeness (QED) is 0.802. The molecule has 7 heteroatoms. The third-order valence-electron chi connectivity index (χ3n) is 2.90. The van der Waals surface area contributed by atoms with Crippen molar-refractivity contribution in [3.63, 3.8) is 0 Å². The molecule has 1 N–H and O–H groups in total. The largest absolute Gasteiger partial charge is 0.480 e. The fourth-order valence-corrected chi connectivity index (χ4v) is 2.67. The molecule has 0 saturated heterocycles. The number of nitrogens with one attached hydrogen (secondary N) is 1. The fourth-order valence-electron chi connectivity index (χ4n) is 1.95. The highest BCUT2D eigenvalue weighted by atomic mass is 32.1. The Balaban J connectivity index is 1.87. The smallest absolute Gasteiger partial charge is 0.238 e. The van der Waals surface area contributed by atoms with Crippen molar-refractivity contribution >= 4 is 22.0 Å². The van der Waals surface area contributed by atoms with Crippen molar-refractivity contribution in [2.75, 3.05) is 12.4 Å². The second kappa shape index (κ2) is 5.09. The van der Waals surface area contributed by atoms with Gasteiger partial charge in [0.2, 0.25) is 5.88 Å². The molecule has 3 rings (SSSR count). The zero-order valence-corrected chi connectivity index (χ0v) is 11.4. The highest BCUT2D eigenvalue weighted by Gasteiger charge is 2.14. The van der Waals surface area contributed by atoms with Crippen molar-refractivity contribution < 1.29 is 13.5 Å². The molecule has 0 unspecified atom stereocenters. The van der Waals surface area contributed by atoms with Crippen LogP contribution >= 0.6 is 11.3 Å². The van der Waals surface area contributed by atoms with Gasteiger partial charge in [0.05, 0.1) is 19.3 Å². The monoisotopic (exact) mass is 295 g/mol. The predicted octanol–water partition coefficient (Wildman–Crippen LogP) is 3.29. The third kappa shape index (κ3) is 2.20. The van der Waals surface area contributed by atoms with Gasteiger partial charge < -0.3 is 10.1 Å². The Morgan fingerprint density at radius 1 is 1.40 bits per heavy atom. The Kier molecular flexibility index (Phi) is 3.27. The van der Waals surface area contributed by atoms with Crippen LogP contribution in [0.2, 0.25) is 0 Å². The number of aromatic nitrogens is 2. The second-order valence-corrected chi connectivity index (χ2v) is 4.97. The van der Waals surface area contributed by atoms with Gasteiger partial charge in [0, 0.05) is 17.6 Å². The fraction of sp³-hybridized carbons (Fsp3) is 0.154. The van der Waals surface area contributed by atoms with Crippen molar-refractivity contribution in [2.24, 2.45) is 0 Å². The molecule has 0 bridgehead atoms. The molecule has 104 valence electrons. The van der Waals surface area contributed by atoms with E-state index in [1.807, 2.05) is 16.0 Å². The third-order valence-corrected chi connectivity index (χ3v) is 3.65. The molecule has 0 aliphatic rings. The van der Waals surface area contributed by atoms with Crippen LogP contribution in [0.25, 0.3) is 4.96 Å². The number of thiazole rings is 1. The van der Waals surface area contributed by atoms with Gasteiger partial charge in [0.25, 0.3) is 0 Å². The van der Waals surface area contributed by atoms with Gasteiger partial charge >= 0.3 is 0 Å². The number of rotatable bonds is 4. The number of imidazole rings is 1. The summed E-state index contributed by atoms with van der Waals surface area (Å²) in [4.78, 5) is 5.11. The lowest BCUT2D eigenvalue weighted by molar-refractivity contribution is 0.395. The van der Waals surface area contributed by atoms with Crippen molar-refractivity contribution in [3.05, 3.63) is 47.1 Å². The van der Waals surface area contributed by atoms with Crippen molar-refractivity contribution in [2.45, 2.75) is 6.54 Å². The highest BCUT2D eigenvalue weighted by molar-refractivity contribution is 7.15. The molecule has 0 radical (unpaired) electrons. The second-order valence-electron chi connectivity index (χ2n) is 4.10. The molecule has 0 atom stereocenters. The van der Waals surface area contributed by atoms with Crippen LogP contribution in [0, 0.1) is 11.6 Å². The number of methoxy groups -OCH3 is 1. The van der Waals surface area contributed by atoms with Gasteiger partial charge in [-0.3, -0.25) is 4.40 Å². The van der Waals surface area contributed by atoms with E-state index in [1.165, 1.54) is 30.6 Å². The van der Waals surface area contributed by atoms with E-state index in [-0.39, 0.29) is 5.69 Å². The summed E-state index contributed by atoms with van der Waals surface area (Å²) in [7, 11) is 1.54. The average molecular weight is 295 g/mol. The zero-order chi connectivity index (χ0) is 14.1. The van der Waals surface area contributed by atoms with E-state index in [9.17, 15) is 8.78 Å². The van der Waals surface area contributed by atoms with Gasteiger partial charge in [-0.25, -0.2) is 8.78 Å². The van der Waals surface area contributed by atoms with Crippen LogP contribution in [-0.2, 0) is 6.54 Å². The maximum Gasteiger partial charge on any atom is 0.238 e. The summed E-state index contributed by atoms with van der Waals surface area (Å²) in [6, 6.07) is 3.42. The molecule has 0 fully saturated rings. The van der Waals surface area contributed by atoms with Gasteiger partial charge in [-0.15, -0.1) is 11.3 Å². The molecule has 2 aromatic heterocycles. The van der Waals surface area contributed by atoms with E-state index >= 15 is 0 Å². The first-order chi connectivity index (χ1) is 9.69. The Hall–Kier alpha value is -2.15. The first kappa shape index (κ1) is 12.9. The number of nitrogens with zero attached hydrogens (tertiary/aromatic N) is 2. The van der Waals surface area contributed by atoms with E-state index in [1.54, 1.807) is 0 Å². The van der Waals surface area contributed by atoms with E-state index in [4.69, 9.17) is 4.74 Å². The first-order valence-electron chi connectivity index (χ1n) is 5.86. The first-order valence-corrected chi connectivity index (χ1v) is 6.74. The van der Waals surface area contributed by atoms with Crippen molar-refractivity contribution in [1.82, 2.24) is 9.38 Å². The Morgan fingerprint density at radius 3 is 3.00 bits per heavy atom. The van der Waals surface area contributed by atoms with Crippen molar-refractivity contribution in [1.29, 1.82) is 0 Å². The van der Waals surface area contributed by atoms with E-state index in [2.05, 4.69) is 10.3 Å². The molecule has 0 amide bonds. The van der Waals surface area contributed by atoms with Crippen LogP contribution in [0.1, 0.15) is 5.69 Å². The van der Waals surface area contributed by atoms with Crippen LogP contribution < -0.4 is 10.1 Å². The molecule has 1 aromatic carbocycles. The molecule has 2 heterocycles. The van der Waals surface area contributed by atoms with Gasteiger partial charge in [-0.1, -0.05) is 0 Å². The van der Waals surface area contributed by atoms with Crippen LogP contribution in [0.5, 0.6) is 5.88 Å². The zero-order valence-electron chi connectivity index (χ0n) is 10.6. The lowest BCUT2D eigenvalue weighted by Gasteiger charge is -2.08. The minimum atomic E-state index is -0.630. The number of fused-ring (bicyclic) bond motifs is 1. The van der Waals surface area contributed by atoms with Crippen LogP contribution in [0.3, 0.4) is 0 Å². The predicted molar refractivity (Wildman–Crippen MR) is 73.3 cm³/mol. The normalized spacial score (nSPS) is 10.9. The lowest BCUT2D eigenvalue weighted by atomic mass is 10.3. The number of ether oxygens (including phenoxy) is 1. The molecule has 0 spiro atoms. The highest BCUT2D eigenvalue weighted by Crippen LogP contribution is 2.24. The summed E-state index contributed by atoms with van der Waals surface area (Å²) in [6.45, 7) is 0.323. The average Bonchev–Trinajstić information content (AvgIpc) is 2.98. The number of benzene rings is 1. The minimum absolute atomic E-state index is 0.235. The number of halogens is 2. The Morgan fingerprint density at radius 2 is 2.25 bits per heavy atom. The molecular formula is C13H11F2N3OS. The summed E-state index contributed by atoms with van der Waals surface area (Å²) < 4.78 is 33.5. The Bertz CT molecular complexity index is 753. The van der Waals surface area contributed by atoms with E-state index < -0.39 is 11.6 Å². The summed E-state index contributed by atoms with van der Waals surface area (Å²) in [5.74, 6) is -0.739. The number of hydrogen-bond donors (Lipinski definition) is 1. The van der Waals surface area contributed by atoms with E-state index in [0.29, 0.717) is 12.4 Å². The van der Waals surface area contributed by atoms with Crippen LogP contribution in [0.15, 0.2) is 29.8 Å². The van der Waals surface area contributed by atoms with E-state index in [0.717, 1.165) is 16.7 Å². The van der Waals surface area contributed by atoms with Gasteiger partial charge in [0.1, 0.15) is 17.3 Å². The maximum absolute atomic E-state index is 13.6. The molecule has 20 heavy (non-hydrogen) atoms. The number of hydrogen-bond acceptors (Lipinski definition) is 4. The molecule has 0 aliphatic carbocycles. The molecule has 4 nitrogen and oxygen atoms in total. The SMILES string of the molecule is COc1nc2sccn2c1CNc1ccc(F)cc1F. The van der Waals surface area contributed by atoms with Gasteiger partial charge in [-0.05, 0) is 12.1 Å². The van der Waals surface area contributed by atoms with Gasteiger partial charge in [-0.2, -0.15) is 4.98 Å². The molecule has 0 aliphatic heterocycles. The standard InChI is InChI=1S/C13H11F2N3OS/c1-19-12-11(18-4-5-20-13(18)17-12)7-16-10-3-2-8(14)6-9(10)15/h2-6,16H,7H2,1H3. The van der Waals surface area contributed by atoms with Gasteiger partial charge in [0.15, 0.2) is 4.96 Å². The topological polar surface area (TPSA) is 38.6 Å². The lowest BCUT2D eigenvalue weighted by Crippen LogP contribution is -2.05.